The van der Waals surface area contributed by atoms with Gasteiger partial charge in [-0.25, -0.2) is 4.98 Å². The van der Waals surface area contributed by atoms with Gasteiger partial charge >= 0.3 is 0 Å². The van der Waals surface area contributed by atoms with Gasteiger partial charge in [0.2, 0.25) is 0 Å². The van der Waals surface area contributed by atoms with Crippen LogP contribution in [0.1, 0.15) is 54.4 Å². The zero-order valence-corrected chi connectivity index (χ0v) is 16.3. The van der Waals surface area contributed by atoms with Crippen LogP contribution in [0.4, 0.5) is 0 Å². The quantitative estimate of drug-likeness (QED) is 0.551. The number of nitrogens with zero attached hydrogens (tertiary/aromatic N) is 2. The van der Waals surface area contributed by atoms with Gasteiger partial charge in [0.05, 0.1) is 0 Å². The lowest BCUT2D eigenvalue weighted by Crippen LogP contribution is -2.33. The van der Waals surface area contributed by atoms with Gasteiger partial charge in [0.25, 0.3) is 0 Å². The minimum atomic E-state index is 0.498. The zero-order valence-electron chi connectivity index (χ0n) is 15.5. The number of rotatable bonds is 7. The van der Waals surface area contributed by atoms with E-state index in [9.17, 15) is 0 Å². The molecular formula is C22H28ClN3. The number of hydrogen-bond acceptors (Lipinski definition) is 3. The lowest BCUT2D eigenvalue weighted by molar-refractivity contribution is 0.340. The maximum Gasteiger partial charge on any atom is 0.129 e. The third-order valence-electron chi connectivity index (χ3n) is 5.43. The van der Waals surface area contributed by atoms with Crippen molar-refractivity contribution in [2.45, 2.75) is 45.1 Å². The Labute approximate surface area is 161 Å². The maximum atomic E-state index is 6.12. The molecule has 1 unspecified atom stereocenters. The number of unbranched alkanes of at least 4 members (excludes halogenated alkanes) is 1. The average molecular weight is 370 g/mol. The fourth-order valence-electron chi connectivity index (χ4n) is 3.85. The first-order valence-corrected chi connectivity index (χ1v) is 9.88. The first-order chi connectivity index (χ1) is 12.6. The molecule has 1 aliphatic heterocycles. The van der Waals surface area contributed by atoms with Crippen molar-refractivity contribution in [1.82, 2.24) is 9.88 Å². The largest absolute Gasteiger partial charge is 0.371 e. The Hall–Kier alpha value is -1.84. The molecule has 0 aliphatic carbocycles. The molecule has 3 rings (SSSR count). The monoisotopic (exact) mass is 369 g/mol. The molecule has 2 heterocycles. The summed E-state index contributed by atoms with van der Waals surface area (Å²) < 4.78 is 0. The highest BCUT2D eigenvalue weighted by Crippen LogP contribution is 2.36. The number of aryl methyl sites for hydroxylation is 1. The third-order valence-corrected chi connectivity index (χ3v) is 5.64. The molecule has 2 N–H and O–H groups in total. The average Bonchev–Trinajstić information content (AvgIpc) is 2.67. The van der Waals surface area contributed by atoms with Crippen LogP contribution in [0.15, 0.2) is 43.1 Å². The van der Waals surface area contributed by atoms with Gasteiger partial charge in [0.1, 0.15) is 5.15 Å². The van der Waals surface area contributed by atoms with E-state index in [2.05, 4.69) is 47.7 Å². The zero-order chi connectivity index (χ0) is 18.5. The van der Waals surface area contributed by atoms with Gasteiger partial charge in [-0.1, -0.05) is 49.4 Å². The molecular weight excluding hydrogens is 342 g/mol. The molecule has 26 heavy (non-hydrogen) atoms. The van der Waals surface area contributed by atoms with Crippen molar-refractivity contribution in [3.63, 3.8) is 0 Å². The highest BCUT2D eigenvalue weighted by molar-refractivity contribution is 6.29. The molecule has 0 radical (unpaired) electrons. The number of aromatic nitrogens is 1. The summed E-state index contributed by atoms with van der Waals surface area (Å²) in [6.45, 7) is 9.23. The summed E-state index contributed by atoms with van der Waals surface area (Å²) in [5.41, 5.74) is 12.0. The predicted molar refractivity (Wildman–Crippen MR) is 110 cm³/mol. The van der Waals surface area contributed by atoms with Gasteiger partial charge < -0.3 is 10.6 Å². The molecule has 2 aromatic rings. The van der Waals surface area contributed by atoms with Crippen molar-refractivity contribution in [1.29, 1.82) is 0 Å². The Morgan fingerprint density at radius 1 is 1.27 bits per heavy atom. The van der Waals surface area contributed by atoms with E-state index in [0.717, 1.165) is 50.0 Å². The molecule has 0 amide bonds. The van der Waals surface area contributed by atoms with Gasteiger partial charge in [-0.15, -0.1) is 0 Å². The number of hydrogen-bond donors (Lipinski definition) is 1. The van der Waals surface area contributed by atoms with Gasteiger partial charge in [-0.3, -0.25) is 0 Å². The highest BCUT2D eigenvalue weighted by atomic mass is 35.5. The second-order valence-corrected chi connectivity index (χ2v) is 7.41. The van der Waals surface area contributed by atoms with Gasteiger partial charge in [-0.05, 0) is 48.4 Å². The van der Waals surface area contributed by atoms with Crippen molar-refractivity contribution < 1.29 is 0 Å². The fraction of sp³-hybridized carbons (Fsp3) is 0.409. The third kappa shape index (κ3) is 4.11. The van der Waals surface area contributed by atoms with Crippen LogP contribution in [0.3, 0.4) is 0 Å². The second kappa shape index (κ2) is 8.70. The molecule has 1 atom stereocenters. The minimum absolute atomic E-state index is 0.498. The summed E-state index contributed by atoms with van der Waals surface area (Å²) in [6, 6.07) is 10.4. The fourth-order valence-corrected chi connectivity index (χ4v) is 4.01. The normalized spacial score (nSPS) is 16.7. The standard InChI is InChI=1S/C22H28ClN3/c1-3-17-15-26(16(2)20-12-22(23)25-14-21(17)20)11-7-6-9-18-8-4-5-10-19(18)13-24/h4-5,8,10,12,14,17H,2-3,6-7,9,11,13,15,24H2,1H3. The van der Waals surface area contributed by atoms with E-state index in [1.54, 1.807) is 0 Å². The van der Waals surface area contributed by atoms with E-state index < -0.39 is 0 Å². The van der Waals surface area contributed by atoms with Crippen LogP contribution in [0.25, 0.3) is 5.70 Å². The molecule has 0 fully saturated rings. The Morgan fingerprint density at radius 2 is 2.04 bits per heavy atom. The summed E-state index contributed by atoms with van der Waals surface area (Å²) in [4.78, 5) is 6.69. The van der Waals surface area contributed by atoms with Crippen molar-refractivity contribution >= 4 is 17.3 Å². The van der Waals surface area contributed by atoms with Crippen molar-refractivity contribution in [2.75, 3.05) is 13.1 Å². The molecule has 1 aromatic heterocycles. The SMILES string of the molecule is C=C1c2cc(Cl)ncc2C(CC)CN1CCCCc1ccccc1CN. The smallest absolute Gasteiger partial charge is 0.129 e. The second-order valence-electron chi connectivity index (χ2n) is 7.02. The topological polar surface area (TPSA) is 42.2 Å². The van der Waals surface area contributed by atoms with E-state index >= 15 is 0 Å². The first kappa shape index (κ1) is 18.9. The van der Waals surface area contributed by atoms with Gasteiger partial charge in [-0.2, -0.15) is 0 Å². The summed E-state index contributed by atoms with van der Waals surface area (Å²) in [6.07, 6.45) is 6.41. The first-order valence-electron chi connectivity index (χ1n) is 9.50. The van der Waals surface area contributed by atoms with Crippen molar-refractivity contribution in [2.24, 2.45) is 5.73 Å². The number of nitrogens with two attached hydrogens (primary N) is 1. The van der Waals surface area contributed by atoms with E-state index in [1.165, 1.54) is 16.7 Å². The number of pyridine rings is 1. The van der Waals surface area contributed by atoms with Crippen LogP contribution >= 0.6 is 11.6 Å². The number of benzene rings is 1. The molecule has 1 aromatic carbocycles. The van der Waals surface area contributed by atoms with E-state index in [0.29, 0.717) is 17.6 Å². The van der Waals surface area contributed by atoms with E-state index in [4.69, 9.17) is 17.3 Å². The summed E-state index contributed by atoms with van der Waals surface area (Å²) in [5, 5.41) is 0.542. The molecule has 4 heteroatoms. The van der Waals surface area contributed by atoms with Crippen LogP contribution < -0.4 is 5.73 Å². The van der Waals surface area contributed by atoms with Crippen LogP contribution in [-0.2, 0) is 13.0 Å². The Balaban J connectivity index is 1.61. The van der Waals surface area contributed by atoms with Crippen LogP contribution in [0.2, 0.25) is 5.15 Å². The minimum Gasteiger partial charge on any atom is -0.371 e. The summed E-state index contributed by atoms with van der Waals surface area (Å²) >= 11 is 6.12. The maximum absolute atomic E-state index is 6.12. The van der Waals surface area contributed by atoms with Crippen LogP contribution in [0, 0.1) is 0 Å². The Morgan fingerprint density at radius 3 is 2.77 bits per heavy atom. The van der Waals surface area contributed by atoms with Gasteiger partial charge in [0.15, 0.2) is 0 Å². The van der Waals surface area contributed by atoms with Crippen LogP contribution in [0.5, 0.6) is 0 Å². The molecule has 138 valence electrons. The number of fused-ring (bicyclic) bond motifs is 1. The Kier molecular flexibility index (Phi) is 6.33. The lowest BCUT2D eigenvalue weighted by Gasteiger charge is -2.37. The molecule has 0 saturated heterocycles. The van der Waals surface area contributed by atoms with Gasteiger partial charge in [0, 0.05) is 43.0 Å². The molecule has 0 saturated carbocycles. The van der Waals surface area contributed by atoms with E-state index in [-0.39, 0.29) is 0 Å². The molecule has 1 aliphatic rings. The molecule has 3 nitrogen and oxygen atoms in total. The Bertz CT molecular complexity index is 772. The summed E-state index contributed by atoms with van der Waals surface area (Å²) in [5.74, 6) is 0.498. The molecule has 0 bridgehead atoms. The van der Waals surface area contributed by atoms with Crippen LogP contribution in [-0.4, -0.2) is 23.0 Å². The lowest BCUT2D eigenvalue weighted by atomic mass is 9.87. The van der Waals surface area contributed by atoms with E-state index in [1.807, 2.05) is 12.3 Å². The highest BCUT2D eigenvalue weighted by Gasteiger charge is 2.26. The predicted octanol–water partition coefficient (Wildman–Crippen LogP) is 5.00. The van der Waals surface area contributed by atoms with Crippen molar-refractivity contribution in [3.8, 4) is 0 Å². The summed E-state index contributed by atoms with van der Waals surface area (Å²) in [7, 11) is 0. The number of halogens is 1. The molecule has 0 spiro atoms. The van der Waals surface area contributed by atoms with Crippen molar-refractivity contribution in [3.05, 3.63) is 70.5 Å².